The smallest absolute Gasteiger partial charge is 0.241 e. The van der Waals surface area contributed by atoms with Crippen molar-refractivity contribution in [3.63, 3.8) is 0 Å². The Morgan fingerprint density at radius 2 is 2.10 bits per heavy atom. The molecular weight excluding hydrogens is 252 g/mol. The van der Waals surface area contributed by atoms with Crippen LogP contribution in [-0.2, 0) is 16.0 Å². The Bertz CT molecular complexity index is 471. The van der Waals surface area contributed by atoms with Crippen LogP contribution in [-0.4, -0.2) is 31.7 Å². The van der Waals surface area contributed by atoms with Gasteiger partial charge in [0, 0.05) is 18.8 Å². The van der Waals surface area contributed by atoms with E-state index < -0.39 is 0 Å². The summed E-state index contributed by atoms with van der Waals surface area (Å²) in [4.78, 5) is 12.1. The second kappa shape index (κ2) is 6.37. The summed E-state index contributed by atoms with van der Waals surface area (Å²) in [5, 5.41) is 6.30. The monoisotopic (exact) mass is 274 g/mol. The van der Waals surface area contributed by atoms with Gasteiger partial charge in [0.1, 0.15) is 0 Å². The van der Waals surface area contributed by atoms with Crippen LogP contribution in [0.2, 0.25) is 0 Å². The number of hydrogen-bond donors (Lipinski definition) is 2. The molecule has 0 saturated heterocycles. The molecule has 1 atom stereocenters. The van der Waals surface area contributed by atoms with Gasteiger partial charge in [0.05, 0.1) is 12.6 Å². The molecule has 0 aromatic heterocycles. The summed E-state index contributed by atoms with van der Waals surface area (Å²) in [5.41, 5.74) is 2.17. The maximum atomic E-state index is 12.1. The number of nitrogens with one attached hydrogen (secondary N) is 2. The van der Waals surface area contributed by atoms with E-state index in [2.05, 4.69) is 16.7 Å². The van der Waals surface area contributed by atoms with Gasteiger partial charge in [0.25, 0.3) is 0 Å². The van der Waals surface area contributed by atoms with Crippen molar-refractivity contribution in [1.82, 2.24) is 5.32 Å². The zero-order valence-corrected chi connectivity index (χ0v) is 11.7. The summed E-state index contributed by atoms with van der Waals surface area (Å²) < 4.78 is 5.58. The van der Waals surface area contributed by atoms with Gasteiger partial charge in [0.15, 0.2) is 0 Å². The lowest BCUT2D eigenvalue weighted by molar-refractivity contribution is -0.118. The Morgan fingerprint density at radius 3 is 2.95 bits per heavy atom. The topological polar surface area (TPSA) is 50.4 Å². The fraction of sp³-hybridized carbons (Fsp3) is 0.562. The molecule has 1 aliphatic heterocycles. The molecule has 1 heterocycles. The van der Waals surface area contributed by atoms with Crippen molar-refractivity contribution in [2.24, 2.45) is 5.92 Å². The number of rotatable bonds is 6. The average molecular weight is 274 g/mol. The van der Waals surface area contributed by atoms with Crippen molar-refractivity contribution < 1.29 is 9.53 Å². The van der Waals surface area contributed by atoms with Crippen molar-refractivity contribution >= 4 is 11.6 Å². The summed E-state index contributed by atoms with van der Waals surface area (Å²) in [6.45, 7) is 2.30. The minimum absolute atomic E-state index is 0.0668. The number of hydrogen-bond acceptors (Lipinski definition) is 3. The summed E-state index contributed by atoms with van der Waals surface area (Å²) in [6.07, 6.45) is 4.40. The first-order chi connectivity index (χ1) is 9.83. The maximum absolute atomic E-state index is 12.1. The molecule has 1 unspecified atom stereocenters. The normalized spacial score (nSPS) is 22.0. The first kappa shape index (κ1) is 13.6. The molecule has 2 aliphatic rings. The van der Waals surface area contributed by atoms with Gasteiger partial charge in [-0.3, -0.25) is 4.79 Å². The van der Waals surface area contributed by atoms with Crippen LogP contribution >= 0.6 is 0 Å². The van der Waals surface area contributed by atoms with Crippen molar-refractivity contribution in [2.45, 2.75) is 31.7 Å². The Hall–Kier alpha value is -1.39. The minimum atomic E-state index is -0.119. The minimum Gasteiger partial charge on any atom is -0.380 e. The fourth-order valence-corrected chi connectivity index (χ4v) is 2.55. The van der Waals surface area contributed by atoms with E-state index in [9.17, 15) is 4.79 Å². The second-order valence-electron chi connectivity index (χ2n) is 5.71. The zero-order chi connectivity index (χ0) is 13.8. The van der Waals surface area contributed by atoms with E-state index in [1.807, 2.05) is 18.2 Å². The first-order valence-corrected chi connectivity index (χ1v) is 7.53. The highest BCUT2D eigenvalue weighted by atomic mass is 16.5. The van der Waals surface area contributed by atoms with Crippen LogP contribution in [0.5, 0.6) is 0 Å². The number of ether oxygens (including phenoxy) is 1. The van der Waals surface area contributed by atoms with Crippen LogP contribution in [0.4, 0.5) is 5.69 Å². The molecule has 20 heavy (non-hydrogen) atoms. The van der Waals surface area contributed by atoms with Crippen LogP contribution in [0.25, 0.3) is 0 Å². The lowest BCUT2D eigenvalue weighted by atomic mass is 10.1. The Kier molecular flexibility index (Phi) is 4.33. The number of carbonyl (C=O) groups is 1. The SMILES string of the molecule is O=C1Nc2ccccc2CCC1NCCOCC1CC1. The Morgan fingerprint density at radius 1 is 1.25 bits per heavy atom. The van der Waals surface area contributed by atoms with Crippen molar-refractivity contribution in [3.05, 3.63) is 29.8 Å². The van der Waals surface area contributed by atoms with E-state index >= 15 is 0 Å². The standard InChI is InChI=1S/C16H22N2O2/c19-16-15(17-9-10-20-11-12-5-6-12)8-7-13-3-1-2-4-14(13)18-16/h1-4,12,15,17H,5-11H2,(H,18,19). The van der Waals surface area contributed by atoms with Crippen LogP contribution in [0.1, 0.15) is 24.8 Å². The third kappa shape index (κ3) is 3.58. The predicted molar refractivity (Wildman–Crippen MR) is 78.7 cm³/mol. The van der Waals surface area contributed by atoms with Gasteiger partial charge >= 0.3 is 0 Å². The van der Waals surface area contributed by atoms with E-state index in [0.29, 0.717) is 6.61 Å². The molecule has 4 nitrogen and oxygen atoms in total. The Labute approximate surface area is 119 Å². The summed E-state index contributed by atoms with van der Waals surface area (Å²) in [5.74, 6) is 0.864. The maximum Gasteiger partial charge on any atom is 0.241 e. The van der Waals surface area contributed by atoms with Gasteiger partial charge in [0.2, 0.25) is 5.91 Å². The molecular formula is C16H22N2O2. The lowest BCUT2D eigenvalue weighted by Crippen LogP contribution is -2.41. The molecule has 1 fully saturated rings. The molecule has 1 saturated carbocycles. The van der Waals surface area contributed by atoms with Crippen molar-refractivity contribution in [2.75, 3.05) is 25.1 Å². The van der Waals surface area contributed by atoms with Gasteiger partial charge in [-0.2, -0.15) is 0 Å². The molecule has 0 bridgehead atoms. The Balaban J connectivity index is 1.44. The summed E-state index contributed by atoms with van der Waals surface area (Å²) in [6, 6.07) is 7.90. The number of anilines is 1. The molecule has 2 N–H and O–H groups in total. The van der Waals surface area contributed by atoms with Crippen LogP contribution in [0.15, 0.2) is 24.3 Å². The molecule has 1 aliphatic carbocycles. The average Bonchev–Trinajstić information content (AvgIpc) is 3.27. The van der Waals surface area contributed by atoms with Crippen LogP contribution in [0.3, 0.4) is 0 Å². The molecule has 1 aromatic rings. The zero-order valence-electron chi connectivity index (χ0n) is 11.7. The predicted octanol–water partition coefficient (Wildman–Crippen LogP) is 1.96. The van der Waals surface area contributed by atoms with Crippen LogP contribution in [0, 0.1) is 5.92 Å². The molecule has 108 valence electrons. The largest absolute Gasteiger partial charge is 0.380 e. The van der Waals surface area contributed by atoms with E-state index in [-0.39, 0.29) is 11.9 Å². The molecule has 3 rings (SSSR count). The molecule has 4 heteroatoms. The third-order valence-corrected chi connectivity index (χ3v) is 3.98. The second-order valence-corrected chi connectivity index (χ2v) is 5.71. The quantitative estimate of drug-likeness (QED) is 0.780. The number of amides is 1. The molecule has 1 aromatic carbocycles. The fourth-order valence-electron chi connectivity index (χ4n) is 2.55. The van der Waals surface area contributed by atoms with Gasteiger partial charge < -0.3 is 15.4 Å². The number of aryl methyl sites for hydroxylation is 1. The van der Waals surface area contributed by atoms with E-state index in [4.69, 9.17) is 4.74 Å². The lowest BCUT2D eigenvalue weighted by Gasteiger charge is -2.15. The molecule has 0 spiro atoms. The summed E-state index contributed by atoms with van der Waals surface area (Å²) >= 11 is 0. The molecule has 0 radical (unpaired) electrons. The van der Waals surface area contributed by atoms with E-state index in [1.54, 1.807) is 0 Å². The van der Waals surface area contributed by atoms with Crippen molar-refractivity contribution in [1.29, 1.82) is 0 Å². The van der Waals surface area contributed by atoms with Gasteiger partial charge in [-0.05, 0) is 43.2 Å². The highest BCUT2D eigenvalue weighted by Crippen LogP contribution is 2.28. The number of fused-ring (bicyclic) bond motifs is 1. The third-order valence-electron chi connectivity index (χ3n) is 3.98. The van der Waals surface area contributed by atoms with E-state index in [1.165, 1.54) is 18.4 Å². The number of benzene rings is 1. The van der Waals surface area contributed by atoms with Crippen molar-refractivity contribution in [3.8, 4) is 0 Å². The molecule has 1 amide bonds. The highest BCUT2D eigenvalue weighted by Gasteiger charge is 2.23. The number of para-hydroxylation sites is 1. The summed E-state index contributed by atoms with van der Waals surface area (Å²) in [7, 11) is 0. The van der Waals surface area contributed by atoms with Gasteiger partial charge in [-0.1, -0.05) is 18.2 Å². The first-order valence-electron chi connectivity index (χ1n) is 7.53. The number of carbonyl (C=O) groups excluding carboxylic acids is 1. The highest BCUT2D eigenvalue weighted by molar-refractivity contribution is 5.96. The van der Waals surface area contributed by atoms with Gasteiger partial charge in [-0.25, -0.2) is 0 Å². The van der Waals surface area contributed by atoms with Gasteiger partial charge in [-0.15, -0.1) is 0 Å². The van der Waals surface area contributed by atoms with Crippen LogP contribution < -0.4 is 10.6 Å². The van der Waals surface area contributed by atoms with E-state index in [0.717, 1.165) is 37.6 Å².